The molecule has 4 aromatic heterocycles. The van der Waals surface area contributed by atoms with Crippen LogP contribution in [0.3, 0.4) is 0 Å². The van der Waals surface area contributed by atoms with Gasteiger partial charge in [-0.25, -0.2) is 24.9 Å². The highest BCUT2D eigenvalue weighted by Crippen LogP contribution is 2.45. The van der Waals surface area contributed by atoms with Crippen molar-refractivity contribution in [2.45, 2.75) is 0 Å². The highest BCUT2D eigenvalue weighted by molar-refractivity contribution is 7.26. The van der Waals surface area contributed by atoms with Gasteiger partial charge in [0.15, 0.2) is 23.3 Å². The van der Waals surface area contributed by atoms with Crippen LogP contribution in [-0.2, 0) is 0 Å². The summed E-state index contributed by atoms with van der Waals surface area (Å²) in [5.74, 6) is 2.67. The molecule has 4 heterocycles. The molecule has 0 fully saturated rings. The van der Waals surface area contributed by atoms with E-state index in [1.807, 2.05) is 66.7 Å². The number of fused-ring (bicyclic) bond motifs is 6. The molecule has 0 spiro atoms. The lowest BCUT2D eigenvalue weighted by Crippen LogP contribution is -2.00. The summed E-state index contributed by atoms with van der Waals surface area (Å²) in [5, 5.41) is 3.53. The van der Waals surface area contributed by atoms with E-state index in [0.29, 0.717) is 23.3 Å². The predicted octanol–water partition coefficient (Wildman–Crippen LogP) is 13.4. The first-order chi connectivity index (χ1) is 27.7. The van der Waals surface area contributed by atoms with E-state index in [0.717, 1.165) is 64.9 Å². The van der Waals surface area contributed by atoms with Crippen LogP contribution in [0.4, 0.5) is 0 Å². The van der Waals surface area contributed by atoms with Gasteiger partial charge < -0.3 is 0 Å². The van der Waals surface area contributed by atoms with Gasteiger partial charge in [-0.3, -0.25) is 0 Å². The van der Waals surface area contributed by atoms with Gasteiger partial charge in [-0.2, -0.15) is 0 Å². The molecule has 7 aromatic carbocycles. The van der Waals surface area contributed by atoms with E-state index >= 15 is 0 Å². The zero-order valence-electron chi connectivity index (χ0n) is 29.8. The number of hydrogen-bond acceptors (Lipinski definition) is 7. The van der Waals surface area contributed by atoms with Gasteiger partial charge in [0.25, 0.3) is 0 Å². The predicted molar refractivity (Wildman–Crippen MR) is 234 cm³/mol. The second-order valence-corrected chi connectivity index (χ2v) is 15.7. The van der Waals surface area contributed by atoms with Gasteiger partial charge >= 0.3 is 0 Å². The summed E-state index contributed by atoms with van der Waals surface area (Å²) in [6.07, 6.45) is 0. The van der Waals surface area contributed by atoms with Gasteiger partial charge in [0.1, 0.15) is 0 Å². The molecule has 0 N–H and O–H groups in total. The van der Waals surface area contributed by atoms with Crippen LogP contribution in [0, 0.1) is 0 Å². The first kappa shape index (κ1) is 32.5. The molecule has 0 aliphatic heterocycles. The van der Waals surface area contributed by atoms with Crippen LogP contribution in [0.1, 0.15) is 0 Å². The van der Waals surface area contributed by atoms with E-state index < -0.39 is 0 Å². The fourth-order valence-corrected chi connectivity index (χ4v) is 9.92. The number of thiophene rings is 2. The molecule has 262 valence electrons. The van der Waals surface area contributed by atoms with Crippen LogP contribution in [0.2, 0.25) is 0 Å². The summed E-state index contributed by atoms with van der Waals surface area (Å²) in [7, 11) is 0. The minimum absolute atomic E-state index is 0.649. The molecule has 11 rings (SSSR count). The first-order valence-corrected chi connectivity index (χ1v) is 20.1. The highest BCUT2D eigenvalue weighted by atomic mass is 32.1. The highest BCUT2D eigenvalue weighted by Gasteiger charge is 2.20. The van der Waals surface area contributed by atoms with E-state index in [2.05, 4.69) is 109 Å². The first-order valence-electron chi connectivity index (χ1n) is 18.4. The molecule has 56 heavy (non-hydrogen) atoms. The Kier molecular flexibility index (Phi) is 7.79. The lowest BCUT2D eigenvalue weighted by molar-refractivity contribution is 1.08. The van der Waals surface area contributed by atoms with Gasteiger partial charge in [0.2, 0.25) is 0 Å². The molecule has 0 bridgehead atoms. The van der Waals surface area contributed by atoms with Crippen LogP contribution < -0.4 is 0 Å². The molecule has 7 heteroatoms. The average molecular weight is 752 g/mol. The van der Waals surface area contributed by atoms with Crippen molar-refractivity contribution in [3.05, 3.63) is 176 Å². The molecule has 5 nitrogen and oxygen atoms in total. The molecule has 0 radical (unpaired) electrons. The fourth-order valence-electron chi connectivity index (χ4n) is 7.53. The summed E-state index contributed by atoms with van der Waals surface area (Å²) >= 11 is 3.53. The Bertz CT molecular complexity index is 3190. The van der Waals surface area contributed by atoms with Crippen molar-refractivity contribution >= 4 is 63.1 Å². The van der Waals surface area contributed by atoms with Crippen LogP contribution >= 0.6 is 22.7 Å². The third kappa shape index (κ3) is 5.56. The Hall–Kier alpha value is -6.93. The molecule has 0 saturated carbocycles. The summed E-state index contributed by atoms with van der Waals surface area (Å²) < 4.78 is 4.65. The van der Waals surface area contributed by atoms with Crippen LogP contribution in [-0.4, -0.2) is 24.9 Å². The average Bonchev–Trinajstić information content (AvgIpc) is 3.86. The molecular formula is C49H29N5S2. The molecule has 0 amide bonds. The molecule has 0 saturated heterocycles. The van der Waals surface area contributed by atoms with Gasteiger partial charge in [0, 0.05) is 58.1 Å². The van der Waals surface area contributed by atoms with Crippen LogP contribution in [0.5, 0.6) is 0 Å². The molecule has 0 atom stereocenters. The van der Waals surface area contributed by atoms with Crippen LogP contribution in [0.15, 0.2) is 176 Å². The minimum atomic E-state index is 0.649. The lowest BCUT2D eigenvalue weighted by atomic mass is 9.97. The molecule has 0 unspecified atom stereocenters. The van der Waals surface area contributed by atoms with Gasteiger partial charge in [-0.15, -0.1) is 22.7 Å². The molecule has 11 aromatic rings. The van der Waals surface area contributed by atoms with Crippen molar-refractivity contribution in [3.8, 4) is 67.9 Å². The minimum Gasteiger partial charge on any atom is -0.226 e. The van der Waals surface area contributed by atoms with Crippen LogP contribution in [0.25, 0.3) is 108 Å². The summed E-state index contributed by atoms with van der Waals surface area (Å²) in [5.41, 5.74) is 9.15. The third-order valence-electron chi connectivity index (χ3n) is 10.2. The van der Waals surface area contributed by atoms with Crippen molar-refractivity contribution in [3.63, 3.8) is 0 Å². The lowest BCUT2D eigenvalue weighted by Gasteiger charge is -2.10. The van der Waals surface area contributed by atoms with Crippen molar-refractivity contribution in [2.24, 2.45) is 0 Å². The van der Waals surface area contributed by atoms with E-state index in [1.165, 1.54) is 20.2 Å². The summed E-state index contributed by atoms with van der Waals surface area (Å²) in [6.45, 7) is 0. The largest absolute Gasteiger partial charge is 0.226 e. The quantitative estimate of drug-likeness (QED) is 0.169. The number of hydrogen-bond donors (Lipinski definition) is 0. The number of aromatic nitrogens is 5. The Balaban J connectivity index is 1.07. The maximum absolute atomic E-state index is 5.26. The zero-order valence-corrected chi connectivity index (χ0v) is 31.4. The SMILES string of the molecule is c1ccc(-c2nc(-c3ccccc3)nc(-c3cccc4c3sc3cccc(-c5cccc(-c6nc(-c7ccccc7)c7sc8ccccc8c7n6)c5)c34)n2)cc1. The topological polar surface area (TPSA) is 64.5 Å². The second-order valence-electron chi connectivity index (χ2n) is 13.6. The number of nitrogens with zero attached hydrogens (tertiary/aromatic N) is 5. The maximum Gasteiger partial charge on any atom is 0.165 e. The Labute approximate surface area is 330 Å². The Morgan fingerprint density at radius 3 is 1.59 bits per heavy atom. The summed E-state index contributed by atoms with van der Waals surface area (Å²) in [4.78, 5) is 25.6. The zero-order chi connectivity index (χ0) is 37.0. The maximum atomic E-state index is 5.26. The molecular weight excluding hydrogens is 723 g/mol. The second kappa shape index (κ2) is 13.4. The van der Waals surface area contributed by atoms with Crippen molar-refractivity contribution in [1.29, 1.82) is 0 Å². The van der Waals surface area contributed by atoms with E-state index in [4.69, 9.17) is 24.9 Å². The molecule has 0 aliphatic rings. The standard InChI is InChI=1S/C49H29N5S2/c1-4-15-30(16-5-1)42-45-43(36-23-10-11-27-39(36)55-45)51-48(50-42)34-22-12-21-33(29-34)35-24-14-28-40-41(35)37-25-13-26-38(44(37)56-40)49-53-46(31-17-6-2-7-18-31)52-47(54-49)32-19-8-3-9-20-32/h1-29H. The number of benzene rings is 7. The molecule has 0 aliphatic carbocycles. The van der Waals surface area contributed by atoms with Crippen molar-refractivity contribution in [1.82, 2.24) is 24.9 Å². The van der Waals surface area contributed by atoms with E-state index in [-0.39, 0.29) is 0 Å². The van der Waals surface area contributed by atoms with Crippen molar-refractivity contribution < 1.29 is 0 Å². The third-order valence-corrected chi connectivity index (χ3v) is 12.5. The Morgan fingerprint density at radius 1 is 0.321 bits per heavy atom. The fraction of sp³-hybridized carbons (Fsp3) is 0. The van der Waals surface area contributed by atoms with Gasteiger partial charge in [0.05, 0.1) is 15.9 Å². The van der Waals surface area contributed by atoms with E-state index in [9.17, 15) is 0 Å². The normalized spacial score (nSPS) is 11.6. The van der Waals surface area contributed by atoms with E-state index in [1.54, 1.807) is 22.7 Å². The summed E-state index contributed by atoms with van der Waals surface area (Å²) in [6, 6.07) is 60.9. The Morgan fingerprint density at radius 2 is 0.839 bits per heavy atom. The number of rotatable bonds is 6. The van der Waals surface area contributed by atoms with Gasteiger partial charge in [-0.1, -0.05) is 152 Å². The smallest absolute Gasteiger partial charge is 0.165 e. The monoisotopic (exact) mass is 751 g/mol. The van der Waals surface area contributed by atoms with Crippen molar-refractivity contribution in [2.75, 3.05) is 0 Å². The van der Waals surface area contributed by atoms with Gasteiger partial charge in [-0.05, 0) is 35.4 Å².